The van der Waals surface area contributed by atoms with Gasteiger partial charge in [-0.1, -0.05) is 37.3 Å². The van der Waals surface area contributed by atoms with E-state index in [9.17, 15) is 0 Å². The van der Waals surface area contributed by atoms with E-state index in [2.05, 4.69) is 79.6 Å². The lowest BCUT2D eigenvalue weighted by Crippen LogP contribution is -2.18. The first-order valence-corrected chi connectivity index (χ1v) is 7.31. The van der Waals surface area contributed by atoms with Crippen molar-refractivity contribution in [2.45, 2.75) is 26.8 Å². The standard InChI is InChI=1S/C18H24N2/c1-4-12-19-14-16-9-5-6-11-18(16)20(3)17-10-7-8-15(2)13-17/h5-11,13,19H,4,12,14H2,1-3H3. The van der Waals surface area contributed by atoms with E-state index in [0.29, 0.717) is 0 Å². The fourth-order valence-corrected chi connectivity index (χ4v) is 2.36. The topological polar surface area (TPSA) is 15.3 Å². The van der Waals surface area contributed by atoms with Gasteiger partial charge in [-0.25, -0.2) is 0 Å². The molecule has 0 atom stereocenters. The average Bonchev–Trinajstić information content (AvgIpc) is 2.47. The molecule has 0 aromatic heterocycles. The maximum atomic E-state index is 3.48. The van der Waals surface area contributed by atoms with E-state index in [-0.39, 0.29) is 0 Å². The number of rotatable bonds is 6. The van der Waals surface area contributed by atoms with Gasteiger partial charge in [-0.05, 0) is 49.2 Å². The van der Waals surface area contributed by atoms with E-state index in [0.717, 1.165) is 19.5 Å². The van der Waals surface area contributed by atoms with Crippen molar-refractivity contribution in [3.8, 4) is 0 Å². The van der Waals surface area contributed by atoms with Gasteiger partial charge in [0.1, 0.15) is 0 Å². The van der Waals surface area contributed by atoms with Gasteiger partial charge >= 0.3 is 0 Å². The van der Waals surface area contributed by atoms with Crippen LogP contribution in [0.15, 0.2) is 48.5 Å². The first kappa shape index (κ1) is 14.6. The van der Waals surface area contributed by atoms with Crippen molar-refractivity contribution in [2.24, 2.45) is 0 Å². The molecule has 0 spiro atoms. The normalized spacial score (nSPS) is 10.6. The zero-order chi connectivity index (χ0) is 14.4. The van der Waals surface area contributed by atoms with Gasteiger partial charge in [0.15, 0.2) is 0 Å². The van der Waals surface area contributed by atoms with Gasteiger partial charge in [0, 0.05) is 25.0 Å². The molecule has 2 rings (SSSR count). The Labute approximate surface area is 122 Å². The minimum Gasteiger partial charge on any atom is -0.344 e. The van der Waals surface area contributed by atoms with Crippen LogP contribution in [0.5, 0.6) is 0 Å². The summed E-state index contributed by atoms with van der Waals surface area (Å²) in [7, 11) is 2.13. The zero-order valence-electron chi connectivity index (χ0n) is 12.7. The van der Waals surface area contributed by atoms with Gasteiger partial charge in [-0.15, -0.1) is 0 Å². The molecule has 0 aliphatic carbocycles. The molecule has 0 aliphatic heterocycles. The van der Waals surface area contributed by atoms with Crippen LogP contribution in [-0.2, 0) is 6.54 Å². The van der Waals surface area contributed by atoms with Crippen LogP contribution in [0.3, 0.4) is 0 Å². The number of aryl methyl sites for hydroxylation is 1. The molecule has 0 unspecified atom stereocenters. The maximum absolute atomic E-state index is 3.48. The summed E-state index contributed by atoms with van der Waals surface area (Å²) >= 11 is 0. The molecule has 0 amide bonds. The summed E-state index contributed by atoms with van der Waals surface area (Å²) in [6.07, 6.45) is 1.16. The van der Waals surface area contributed by atoms with Crippen molar-refractivity contribution < 1.29 is 0 Å². The first-order chi connectivity index (χ1) is 9.72. The lowest BCUT2D eigenvalue weighted by Gasteiger charge is -2.23. The Morgan fingerprint density at radius 3 is 2.60 bits per heavy atom. The Hall–Kier alpha value is -1.80. The van der Waals surface area contributed by atoms with Crippen LogP contribution in [0.4, 0.5) is 11.4 Å². The third-order valence-electron chi connectivity index (χ3n) is 3.48. The molecule has 0 saturated carbocycles. The van der Waals surface area contributed by atoms with E-state index in [4.69, 9.17) is 0 Å². The van der Waals surface area contributed by atoms with Crippen molar-refractivity contribution in [3.63, 3.8) is 0 Å². The number of benzene rings is 2. The molecule has 1 N–H and O–H groups in total. The van der Waals surface area contributed by atoms with Crippen LogP contribution < -0.4 is 10.2 Å². The van der Waals surface area contributed by atoms with Crippen LogP contribution in [0.2, 0.25) is 0 Å². The molecular weight excluding hydrogens is 244 g/mol. The second-order valence-corrected chi connectivity index (χ2v) is 5.20. The lowest BCUT2D eigenvalue weighted by atomic mass is 10.1. The maximum Gasteiger partial charge on any atom is 0.0453 e. The second-order valence-electron chi connectivity index (χ2n) is 5.20. The number of nitrogens with zero attached hydrogens (tertiary/aromatic N) is 1. The van der Waals surface area contributed by atoms with Gasteiger partial charge in [-0.2, -0.15) is 0 Å². The van der Waals surface area contributed by atoms with Crippen molar-refractivity contribution in [1.29, 1.82) is 0 Å². The summed E-state index contributed by atoms with van der Waals surface area (Å²) in [5.41, 5.74) is 5.12. The molecule has 2 nitrogen and oxygen atoms in total. The zero-order valence-corrected chi connectivity index (χ0v) is 12.7. The largest absolute Gasteiger partial charge is 0.344 e. The number of nitrogens with one attached hydrogen (secondary N) is 1. The summed E-state index contributed by atoms with van der Waals surface area (Å²) in [5.74, 6) is 0. The number of hydrogen-bond acceptors (Lipinski definition) is 2. The van der Waals surface area contributed by atoms with Crippen molar-refractivity contribution in [3.05, 3.63) is 59.7 Å². The van der Waals surface area contributed by atoms with E-state index < -0.39 is 0 Å². The van der Waals surface area contributed by atoms with E-state index in [1.807, 2.05) is 0 Å². The molecule has 2 aromatic carbocycles. The van der Waals surface area contributed by atoms with Crippen molar-refractivity contribution in [1.82, 2.24) is 5.32 Å². The highest BCUT2D eigenvalue weighted by Gasteiger charge is 2.08. The highest BCUT2D eigenvalue weighted by Crippen LogP contribution is 2.27. The smallest absolute Gasteiger partial charge is 0.0453 e. The molecule has 2 heteroatoms. The molecule has 0 fully saturated rings. The molecule has 20 heavy (non-hydrogen) atoms. The number of para-hydroxylation sites is 1. The predicted octanol–water partition coefficient (Wildman–Crippen LogP) is 4.26. The van der Waals surface area contributed by atoms with E-state index >= 15 is 0 Å². The highest BCUT2D eigenvalue weighted by atomic mass is 15.1. The Bertz CT molecular complexity index is 549. The molecule has 0 bridgehead atoms. The fraction of sp³-hybridized carbons (Fsp3) is 0.333. The van der Waals surface area contributed by atoms with E-state index in [1.165, 1.54) is 22.5 Å². The fourth-order valence-electron chi connectivity index (χ4n) is 2.36. The predicted molar refractivity (Wildman–Crippen MR) is 87.7 cm³/mol. The first-order valence-electron chi connectivity index (χ1n) is 7.31. The number of anilines is 2. The summed E-state index contributed by atoms with van der Waals surface area (Å²) in [6, 6.07) is 17.2. The highest BCUT2D eigenvalue weighted by molar-refractivity contribution is 5.66. The van der Waals surface area contributed by atoms with Gasteiger partial charge in [0.05, 0.1) is 0 Å². The molecule has 0 saturated heterocycles. The summed E-state index contributed by atoms with van der Waals surface area (Å²) < 4.78 is 0. The van der Waals surface area contributed by atoms with Crippen LogP contribution in [0.1, 0.15) is 24.5 Å². The molecular formula is C18H24N2. The monoisotopic (exact) mass is 268 g/mol. The second kappa shape index (κ2) is 7.11. The molecule has 2 aromatic rings. The third kappa shape index (κ3) is 3.61. The quantitative estimate of drug-likeness (QED) is 0.787. The van der Waals surface area contributed by atoms with Crippen LogP contribution in [-0.4, -0.2) is 13.6 Å². The van der Waals surface area contributed by atoms with Crippen LogP contribution >= 0.6 is 0 Å². The minimum atomic E-state index is 0.917. The minimum absolute atomic E-state index is 0.917. The Kier molecular flexibility index (Phi) is 5.19. The Morgan fingerprint density at radius 1 is 1.05 bits per heavy atom. The average molecular weight is 268 g/mol. The molecule has 0 aliphatic rings. The van der Waals surface area contributed by atoms with Crippen molar-refractivity contribution in [2.75, 3.05) is 18.5 Å². The molecule has 106 valence electrons. The third-order valence-corrected chi connectivity index (χ3v) is 3.48. The lowest BCUT2D eigenvalue weighted by molar-refractivity contribution is 0.675. The Balaban J connectivity index is 2.23. The Morgan fingerprint density at radius 2 is 1.85 bits per heavy atom. The van der Waals surface area contributed by atoms with Gasteiger partial charge in [0.25, 0.3) is 0 Å². The summed E-state index contributed by atoms with van der Waals surface area (Å²) in [6.45, 7) is 6.30. The molecule has 0 radical (unpaired) electrons. The molecule has 0 heterocycles. The van der Waals surface area contributed by atoms with Gasteiger partial charge in [-0.3, -0.25) is 0 Å². The number of hydrogen-bond donors (Lipinski definition) is 1. The summed E-state index contributed by atoms with van der Waals surface area (Å²) in [4.78, 5) is 2.26. The van der Waals surface area contributed by atoms with Crippen LogP contribution in [0, 0.1) is 6.92 Å². The van der Waals surface area contributed by atoms with Gasteiger partial charge < -0.3 is 10.2 Å². The summed E-state index contributed by atoms with van der Waals surface area (Å²) in [5, 5.41) is 3.48. The van der Waals surface area contributed by atoms with Crippen molar-refractivity contribution >= 4 is 11.4 Å². The SMILES string of the molecule is CCCNCc1ccccc1N(C)c1cccc(C)c1. The van der Waals surface area contributed by atoms with E-state index in [1.54, 1.807) is 0 Å². The van der Waals surface area contributed by atoms with Crippen LogP contribution in [0.25, 0.3) is 0 Å². The van der Waals surface area contributed by atoms with Gasteiger partial charge in [0.2, 0.25) is 0 Å².